The Morgan fingerprint density at radius 3 is 2.95 bits per heavy atom. The van der Waals surface area contributed by atoms with Crippen LogP contribution in [0.25, 0.3) is 0 Å². The number of nitrogens with zero attached hydrogens (tertiary/aromatic N) is 1. The Morgan fingerprint density at radius 2 is 2.20 bits per heavy atom. The third-order valence-electron chi connectivity index (χ3n) is 4.00. The highest BCUT2D eigenvalue weighted by molar-refractivity contribution is 5.81. The smallest absolute Gasteiger partial charge is 0.306 e. The third-order valence-corrected chi connectivity index (χ3v) is 4.00. The average Bonchev–Trinajstić information content (AvgIpc) is 2.82. The van der Waals surface area contributed by atoms with Gasteiger partial charge in [0.1, 0.15) is 11.9 Å². The van der Waals surface area contributed by atoms with Crippen molar-refractivity contribution in [2.24, 2.45) is 10.9 Å². The zero-order valence-corrected chi connectivity index (χ0v) is 11.0. The molecule has 0 bridgehead atoms. The molecule has 5 heteroatoms. The van der Waals surface area contributed by atoms with Crippen LogP contribution in [0.1, 0.15) is 24.8 Å². The van der Waals surface area contributed by atoms with Crippen molar-refractivity contribution < 1.29 is 19.0 Å². The maximum absolute atomic E-state index is 13.6. The number of carboxylic acid groups (broad SMARTS) is 1. The summed E-state index contributed by atoms with van der Waals surface area (Å²) in [5.74, 6) is -0.859. The molecule has 0 spiro atoms. The summed E-state index contributed by atoms with van der Waals surface area (Å²) in [6.45, 7) is 0. The molecule has 106 valence electrons. The van der Waals surface area contributed by atoms with E-state index in [1.807, 2.05) is 0 Å². The van der Waals surface area contributed by atoms with E-state index < -0.39 is 5.97 Å². The van der Waals surface area contributed by atoms with Crippen molar-refractivity contribution in [1.82, 2.24) is 0 Å². The summed E-state index contributed by atoms with van der Waals surface area (Å²) in [6, 6.07) is 6.59. The highest BCUT2D eigenvalue weighted by Crippen LogP contribution is 2.33. The highest BCUT2D eigenvalue weighted by atomic mass is 19.1. The van der Waals surface area contributed by atoms with E-state index in [1.165, 1.54) is 6.07 Å². The monoisotopic (exact) mass is 277 g/mol. The first-order chi connectivity index (χ1) is 9.63. The van der Waals surface area contributed by atoms with Gasteiger partial charge in [0.25, 0.3) is 0 Å². The lowest BCUT2D eigenvalue weighted by molar-refractivity contribution is -0.143. The van der Waals surface area contributed by atoms with Crippen LogP contribution in [0.2, 0.25) is 0 Å². The van der Waals surface area contributed by atoms with Gasteiger partial charge >= 0.3 is 5.97 Å². The molecule has 0 aromatic heterocycles. The van der Waals surface area contributed by atoms with Gasteiger partial charge in [-0.2, -0.15) is 0 Å². The first-order valence-electron chi connectivity index (χ1n) is 6.83. The normalized spacial score (nSPS) is 28.4. The van der Waals surface area contributed by atoms with Crippen LogP contribution in [-0.4, -0.2) is 29.1 Å². The fourth-order valence-electron chi connectivity index (χ4n) is 2.89. The second kappa shape index (κ2) is 5.23. The molecular weight excluding hydrogens is 261 g/mol. The molecule has 1 heterocycles. The lowest BCUT2D eigenvalue weighted by atomic mass is 9.84. The second-order valence-electron chi connectivity index (χ2n) is 5.36. The maximum atomic E-state index is 13.6. The van der Waals surface area contributed by atoms with E-state index in [1.54, 1.807) is 18.2 Å². The molecular formula is C15H16FNO3. The van der Waals surface area contributed by atoms with Crippen LogP contribution in [0.5, 0.6) is 0 Å². The minimum Gasteiger partial charge on any atom is -0.481 e. The largest absolute Gasteiger partial charge is 0.481 e. The number of benzene rings is 1. The molecule has 0 radical (unpaired) electrons. The summed E-state index contributed by atoms with van der Waals surface area (Å²) in [4.78, 5) is 15.5. The number of aliphatic carboxylic acids is 1. The predicted molar refractivity (Wildman–Crippen MR) is 71.2 cm³/mol. The van der Waals surface area contributed by atoms with Crippen molar-refractivity contribution in [1.29, 1.82) is 0 Å². The molecule has 2 aliphatic rings. The van der Waals surface area contributed by atoms with Crippen molar-refractivity contribution >= 4 is 11.9 Å². The summed E-state index contributed by atoms with van der Waals surface area (Å²) in [7, 11) is 0. The van der Waals surface area contributed by atoms with E-state index in [2.05, 4.69) is 4.99 Å². The lowest BCUT2D eigenvalue weighted by Gasteiger charge is -2.26. The number of rotatable bonds is 3. The van der Waals surface area contributed by atoms with Gasteiger partial charge in [0.15, 0.2) is 5.90 Å². The summed E-state index contributed by atoms with van der Waals surface area (Å²) in [5.41, 5.74) is 0.555. The first-order valence-corrected chi connectivity index (χ1v) is 6.83. The Kier molecular flexibility index (Phi) is 3.42. The molecule has 4 nitrogen and oxygen atoms in total. The summed E-state index contributed by atoms with van der Waals surface area (Å²) < 4.78 is 19.3. The first kappa shape index (κ1) is 13.1. The number of aliphatic imine (C=N–C) groups is 1. The number of carbonyl (C=O) groups is 1. The fraction of sp³-hybridized carbons (Fsp3) is 0.467. The molecule has 3 atom stereocenters. The van der Waals surface area contributed by atoms with Crippen LogP contribution in [0, 0.1) is 11.7 Å². The molecule has 0 saturated heterocycles. The standard InChI is InChI=1S/C15H16FNO3/c16-11-4-2-1-3-9(11)8-14-17-12-6-5-10(15(18)19)7-13(12)20-14/h1-4,10,12-13H,5-8H2,(H,18,19). The van der Waals surface area contributed by atoms with E-state index >= 15 is 0 Å². The van der Waals surface area contributed by atoms with Gasteiger partial charge in [-0.05, 0) is 30.9 Å². The molecule has 20 heavy (non-hydrogen) atoms. The van der Waals surface area contributed by atoms with Crippen molar-refractivity contribution in [3.63, 3.8) is 0 Å². The van der Waals surface area contributed by atoms with Gasteiger partial charge in [0, 0.05) is 0 Å². The molecule has 1 saturated carbocycles. The molecule has 1 aromatic rings. The number of ether oxygens (including phenoxy) is 1. The van der Waals surface area contributed by atoms with Crippen LogP contribution >= 0.6 is 0 Å². The van der Waals surface area contributed by atoms with E-state index in [0.29, 0.717) is 30.7 Å². The van der Waals surface area contributed by atoms with Crippen LogP contribution in [-0.2, 0) is 16.0 Å². The molecule has 1 aromatic carbocycles. The van der Waals surface area contributed by atoms with Crippen LogP contribution in [0.3, 0.4) is 0 Å². The Hall–Kier alpha value is -1.91. The third kappa shape index (κ3) is 2.53. The number of hydrogen-bond donors (Lipinski definition) is 1. The summed E-state index contributed by atoms with van der Waals surface area (Å²) >= 11 is 0. The van der Waals surface area contributed by atoms with E-state index in [9.17, 15) is 9.18 Å². The van der Waals surface area contributed by atoms with Gasteiger partial charge in [0.2, 0.25) is 0 Å². The molecule has 1 N–H and O–H groups in total. The Balaban J connectivity index is 1.67. The van der Waals surface area contributed by atoms with Crippen molar-refractivity contribution in [2.75, 3.05) is 0 Å². The Morgan fingerprint density at radius 1 is 1.40 bits per heavy atom. The number of halogens is 1. The predicted octanol–water partition coefficient (Wildman–Crippen LogP) is 2.42. The Labute approximate surface area is 116 Å². The molecule has 1 fully saturated rings. The van der Waals surface area contributed by atoms with Gasteiger partial charge in [-0.15, -0.1) is 0 Å². The van der Waals surface area contributed by atoms with Gasteiger partial charge < -0.3 is 9.84 Å². The number of fused-ring (bicyclic) bond motifs is 1. The SMILES string of the molecule is O=C(O)C1CCC2N=C(Cc3ccccc3F)OC2C1. The van der Waals surface area contributed by atoms with Crippen molar-refractivity contribution in [3.05, 3.63) is 35.6 Å². The van der Waals surface area contributed by atoms with Crippen LogP contribution in [0.15, 0.2) is 29.3 Å². The molecule has 3 rings (SSSR count). The Bertz CT molecular complexity index is 558. The van der Waals surface area contributed by atoms with Gasteiger partial charge in [-0.3, -0.25) is 4.79 Å². The zero-order chi connectivity index (χ0) is 14.1. The lowest BCUT2D eigenvalue weighted by Crippen LogP contribution is -2.34. The van der Waals surface area contributed by atoms with Crippen LogP contribution < -0.4 is 0 Å². The van der Waals surface area contributed by atoms with E-state index in [-0.39, 0.29) is 23.9 Å². The summed E-state index contributed by atoms with van der Waals surface area (Å²) in [6.07, 6.45) is 2.02. The molecule has 1 aliphatic heterocycles. The van der Waals surface area contributed by atoms with Crippen molar-refractivity contribution in [3.8, 4) is 0 Å². The maximum Gasteiger partial charge on any atom is 0.306 e. The highest BCUT2D eigenvalue weighted by Gasteiger charge is 2.39. The number of hydrogen-bond acceptors (Lipinski definition) is 3. The molecule has 0 amide bonds. The molecule has 3 unspecified atom stereocenters. The molecule has 1 aliphatic carbocycles. The van der Waals surface area contributed by atoms with Crippen LogP contribution in [0.4, 0.5) is 4.39 Å². The van der Waals surface area contributed by atoms with Gasteiger partial charge in [-0.1, -0.05) is 18.2 Å². The zero-order valence-electron chi connectivity index (χ0n) is 11.0. The van der Waals surface area contributed by atoms with Crippen molar-refractivity contribution in [2.45, 2.75) is 37.8 Å². The minimum atomic E-state index is -0.769. The number of carboxylic acids is 1. The van der Waals surface area contributed by atoms with Gasteiger partial charge in [-0.25, -0.2) is 9.38 Å². The second-order valence-corrected chi connectivity index (χ2v) is 5.36. The summed E-state index contributed by atoms with van der Waals surface area (Å²) in [5, 5.41) is 9.05. The quantitative estimate of drug-likeness (QED) is 0.923. The van der Waals surface area contributed by atoms with E-state index in [0.717, 1.165) is 6.42 Å². The van der Waals surface area contributed by atoms with Gasteiger partial charge in [0.05, 0.1) is 18.4 Å². The van der Waals surface area contributed by atoms with E-state index in [4.69, 9.17) is 9.84 Å². The fourth-order valence-corrected chi connectivity index (χ4v) is 2.89. The average molecular weight is 277 g/mol. The topological polar surface area (TPSA) is 58.9 Å². The minimum absolute atomic E-state index is 0.0346.